The molecule has 0 amide bonds. The van der Waals surface area contributed by atoms with Crippen LogP contribution in [-0.2, 0) is 13.0 Å². The molecule has 0 spiro atoms. The number of aromatic nitrogens is 1. The molecule has 1 heterocycles. The normalized spacial score (nSPS) is 11.6. The molecule has 122 valence electrons. The fraction of sp³-hybridized carbons (Fsp3) is 0.824. The van der Waals surface area contributed by atoms with Gasteiger partial charge < -0.3 is 10.2 Å². The molecule has 21 heavy (non-hydrogen) atoms. The first-order valence-corrected chi connectivity index (χ1v) is 9.23. The van der Waals surface area contributed by atoms with Gasteiger partial charge in [-0.15, -0.1) is 11.3 Å². The second-order valence-electron chi connectivity index (χ2n) is 6.59. The molecule has 3 nitrogen and oxygen atoms in total. The molecule has 0 aliphatic rings. The van der Waals surface area contributed by atoms with Gasteiger partial charge in [0.2, 0.25) is 0 Å². The number of anilines is 1. The van der Waals surface area contributed by atoms with Crippen LogP contribution in [0, 0.1) is 11.8 Å². The van der Waals surface area contributed by atoms with E-state index in [9.17, 15) is 0 Å². The molecule has 0 atom stereocenters. The number of nitrogens with one attached hydrogen (secondary N) is 1. The second kappa shape index (κ2) is 9.42. The molecule has 0 unspecified atom stereocenters. The van der Waals surface area contributed by atoms with Crippen LogP contribution in [0.3, 0.4) is 0 Å². The molecule has 0 saturated carbocycles. The van der Waals surface area contributed by atoms with Gasteiger partial charge in [-0.25, -0.2) is 4.98 Å². The lowest BCUT2D eigenvalue weighted by Crippen LogP contribution is -2.31. The second-order valence-corrected chi connectivity index (χ2v) is 7.65. The zero-order valence-corrected chi connectivity index (χ0v) is 15.5. The van der Waals surface area contributed by atoms with Crippen LogP contribution in [0.15, 0.2) is 0 Å². The SMILES string of the molecule is CCCc1nc(N(CC(C)C)CC(C)C)sc1CNCC. The maximum Gasteiger partial charge on any atom is 0.185 e. The highest BCUT2D eigenvalue weighted by atomic mass is 32.1. The first-order chi connectivity index (χ1) is 9.97. The van der Waals surface area contributed by atoms with Crippen molar-refractivity contribution in [3.8, 4) is 0 Å². The van der Waals surface area contributed by atoms with Gasteiger partial charge in [0.1, 0.15) is 0 Å². The van der Waals surface area contributed by atoms with E-state index in [0.29, 0.717) is 11.8 Å². The zero-order chi connectivity index (χ0) is 15.8. The smallest absolute Gasteiger partial charge is 0.185 e. The quantitative estimate of drug-likeness (QED) is 0.697. The van der Waals surface area contributed by atoms with Crippen LogP contribution in [0.4, 0.5) is 5.13 Å². The van der Waals surface area contributed by atoms with E-state index in [1.54, 1.807) is 0 Å². The van der Waals surface area contributed by atoms with Crippen LogP contribution >= 0.6 is 11.3 Å². The van der Waals surface area contributed by atoms with Crippen molar-refractivity contribution in [3.63, 3.8) is 0 Å². The van der Waals surface area contributed by atoms with Crippen LogP contribution in [0.1, 0.15) is 58.5 Å². The average Bonchev–Trinajstić information content (AvgIpc) is 2.78. The minimum absolute atomic E-state index is 0.666. The third-order valence-corrected chi connectivity index (χ3v) is 4.39. The summed E-state index contributed by atoms with van der Waals surface area (Å²) >= 11 is 1.88. The monoisotopic (exact) mass is 311 g/mol. The molecular formula is C17H33N3S. The van der Waals surface area contributed by atoms with Crippen molar-refractivity contribution < 1.29 is 0 Å². The summed E-state index contributed by atoms with van der Waals surface area (Å²) < 4.78 is 0. The van der Waals surface area contributed by atoms with Gasteiger partial charge in [-0.05, 0) is 24.8 Å². The van der Waals surface area contributed by atoms with Gasteiger partial charge in [0.25, 0.3) is 0 Å². The van der Waals surface area contributed by atoms with E-state index in [2.05, 4.69) is 51.8 Å². The van der Waals surface area contributed by atoms with E-state index < -0.39 is 0 Å². The summed E-state index contributed by atoms with van der Waals surface area (Å²) in [5, 5.41) is 4.67. The summed E-state index contributed by atoms with van der Waals surface area (Å²) in [7, 11) is 0. The molecule has 0 fully saturated rings. The largest absolute Gasteiger partial charge is 0.348 e. The topological polar surface area (TPSA) is 28.2 Å². The number of hydrogen-bond donors (Lipinski definition) is 1. The lowest BCUT2D eigenvalue weighted by atomic mass is 10.1. The minimum atomic E-state index is 0.666. The van der Waals surface area contributed by atoms with Crippen LogP contribution in [0.25, 0.3) is 0 Å². The van der Waals surface area contributed by atoms with Crippen molar-refractivity contribution in [3.05, 3.63) is 10.6 Å². The van der Waals surface area contributed by atoms with Crippen LogP contribution < -0.4 is 10.2 Å². The third kappa shape index (κ3) is 6.35. The molecule has 1 rings (SSSR count). The summed E-state index contributed by atoms with van der Waals surface area (Å²) in [6.07, 6.45) is 2.26. The molecule has 0 aliphatic carbocycles. The summed E-state index contributed by atoms with van der Waals surface area (Å²) in [6.45, 7) is 17.7. The van der Waals surface area contributed by atoms with E-state index in [4.69, 9.17) is 4.98 Å². The fourth-order valence-corrected chi connectivity index (χ4v) is 3.52. The lowest BCUT2D eigenvalue weighted by molar-refractivity contribution is 0.551. The van der Waals surface area contributed by atoms with Crippen molar-refractivity contribution in [2.45, 2.75) is 60.9 Å². The molecule has 0 saturated heterocycles. The van der Waals surface area contributed by atoms with Gasteiger partial charge in [-0.1, -0.05) is 48.0 Å². The summed E-state index contributed by atoms with van der Waals surface area (Å²) in [5.74, 6) is 1.33. The number of rotatable bonds is 10. The highest BCUT2D eigenvalue weighted by Gasteiger charge is 2.17. The fourth-order valence-electron chi connectivity index (χ4n) is 2.43. The van der Waals surface area contributed by atoms with E-state index in [0.717, 1.165) is 39.0 Å². The summed E-state index contributed by atoms with van der Waals surface area (Å²) in [6, 6.07) is 0. The highest BCUT2D eigenvalue weighted by Crippen LogP contribution is 2.28. The Labute approximate surface area is 135 Å². The molecule has 0 bridgehead atoms. The Kier molecular flexibility index (Phi) is 8.27. The van der Waals surface area contributed by atoms with Gasteiger partial charge in [0.05, 0.1) is 5.69 Å². The van der Waals surface area contributed by atoms with Crippen LogP contribution in [0.2, 0.25) is 0 Å². The Hall–Kier alpha value is -0.610. The number of aryl methyl sites for hydroxylation is 1. The van der Waals surface area contributed by atoms with Gasteiger partial charge >= 0.3 is 0 Å². The standard InChI is InChI=1S/C17H33N3S/c1-7-9-15-16(10-18-8-2)21-17(19-15)20(11-13(3)4)12-14(5)6/h13-14,18H,7-12H2,1-6H3. The minimum Gasteiger partial charge on any atom is -0.348 e. The molecule has 0 aromatic carbocycles. The number of thiazole rings is 1. The summed E-state index contributed by atoms with van der Waals surface area (Å²) in [5.41, 5.74) is 1.30. The van der Waals surface area contributed by atoms with Crippen LogP contribution in [-0.4, -0.2) is 24.6 Å². The first kappa shape index (κ1) is 18.4. The third-order valence-electron chi connectivity index (χ3n) is 3.23. The molecule has 0 aliphatic heterocycles. The van der Waals surface area contributed by atoms with E-state index in [-0.39, 0.29) is 0 Å². The van der Waals surface area contributed by atoms with Gasteiger partial charge in [-0.2, -0.15) is 0 Å². The van der Waals surface area contributed by atoms with Gasteiger partial charge in [-0.3, -0.25) is 0 Å². The van der Waals surface area contributed by atoms with Crippen molar-refractivity contribution in [2.24, 2.45) is 11.8 Å². The van der Waals surface area contributed by atoms with Crippen molar-refractivity contribution in [1.29, 1.82) is 0 Å². The zero-order valence-electron chi connectivity index (χ0n) is 14.7. The average molecular weight is 312 g/mol. The molecule has 4 heteroatoms. The molecule has 0 radical (unpaired) electrons. The van der Waals surface area contributed by atoms with Crippen molar-refractivity contribution in [1.82, 2.24) is 10.3 Å². The molecule has 1 aromatic heterocycles. The van der Waals surface area contributed by atoms with E-state index in [1.807, 2.05) is 11.3 Å². The maximum absolute atomic E-state index is 4.96. The Bertz CT molecular complexity index is 389. The molecular weight excluding hydrogens is 278 g/mol. The number of hydrogen-bond acceptors (Lipinski definition) is 4. The molecule has 1 N–H and O–H groups in total. The Morgan fingerprint density at radius 1 is 1.10 bits per heavy atom. The predicted octanol–water partition coefficient (Wildman–Crippen LogP) is 4.32. The van der Waals surface area contributed by atoms with Crippen molar-refractivity contribution >= 4 is 16.5 Å². The lowest BCUT2D eigenvalue weighted by Gasteiger charge is -2.25. The number of nitrogens with zero attached hydrogens (tertiary/aromatic N) is 2. The Morgan fingerprint density at radius 3 is 2.19 bits per heavy atom. The Balaban J connectivity index is 2.94. The summed E-state index contributed by atoms with van der Waals surface area (Å²) in [4.78, 5) is 8.87. The van der Waals surface area contributed by atoms with E-state index >= 15 is 0 Å². The highest BCUT2D eigenvalue weighted by molar-refractivity contribution is 7.15. The van der Waals surface area contributed by atoms with Gasteiger partial charge in [0, 0.05) is 24.5 Å². The molecule has 1 aromatic rings. The first-order valence-electron chi connectivity index (χ1n) is 8.42. The van der Waals surface area contributed by atoms with E-state index in [1.165, 1.54) is 15.7 Å². The van der Waals surface area contributed by atoms with Gasteiger partial charge in [0.15, 0.2) is 5.13 Å². The van der Waals surface area contributed by atoms with Crippen molar-refractivity contribution in [2.75, 3.05) is 24.5 Å². The predicted molar refractivity (Wildman–Crippen MR) is 95.4 cm³/mol. The Morgan fingerprint density at radius 2 is 1.71 bits per heavy atom. The maximum atomic E-state index is 4.96. The van der Waals surface area contributed by atoms with Crippen LogP contribution in [0.5, 0.6) is 0 Å².